The summed E-state index contributed by atoms with van der Waals surface area (Å²) in [5, 5.41) is 2.01. The number of rotatable bonds is 2. The maximum absolute atomic E-state index is 13.0. The van der Waals surface area contributed by atoms with Crippen LogP contribution in [0.25, 0.3) is 6.08 Å². The van der Waals surface area contributed by atoms with Crippen molar-refractivity contribution in [2.24, 2.45) is 0 Å². The first-order valence-corrected chi connectivity index (χ1v) is 8.31. The molecule has 0 aliphatic carbocycles. The Morgan fingerprint density at radius 2 is 1.70 bits per heavy atom. The molecule has 1 aromatic heterocycles. The molecule has 23 heavy (non-hydrogen) atoms. The van der Waals surface area contributed by atoms with Crippen molar-refractivity contribution in [1.29, 1.82) is 0 Å². The van der Waals surface area contributed by atoms with Gasteiger partial charge in [0.15, 0.2) is 11.9 Å². The predicted molar refractivity (Wildman–Crippen MR) is 92.9 cm³/mol. The zero-order valence-electron chi connectivity index (χ0n) is 12.3. The molecule has 4 rings (SSSR count). The minimum atomic E-state index is -0.374. The number of hydrogen-bond donors (Lipinski definition) is 0. The van der Waals surface area contributed by atoms with Crippen molar-refractivity contribution >= 4 is 23.2 Å². The third-order valence-corrected chi connectivity index (χ3v) is 4.68. The second-order valence-electron chi connectivity index (χ2n) is 5.35. The summed E-state index contributed by atoms with van der Waals surface area (Å²) in [4.78, 5) is 14.0. The van der Waals surface area contributed by atoms with E-state index in [1.165, 1.54) is 0 Å². The average molecular weight is 318 g/mol. The van der Waals surface area contributed by atoms with Gasteiger partial charge >= 0.3 is 0 Å². The van der Waals surface area contributed by atoms with Gasteiger partial charge in [-0.1, -0.05) is 48.5 Å². The van der Waals surface area contributed by atoms with E-state index >= 15 is 0 Å². The SMILES string of the molecule is O=C1/C(=C\c2cccs2)C(c2ccccc2)Oc2ccccc21. The van der Waals surface area contributed by atoms with E-state index in [2.05, 4.69) is 0 Å². The van der Waals surface area contributed by atoms with Crippen molar-refractivity contribution in [1.82, 2.24) is 0 Å². The molecule has 112 valence electrons. The van der Waals surface area contributed by atoms with E-state index in [1.54, 1.807) is 11.3 Å². The summed E-state index contributed by atoms with van der Waals surface area (Å²) in [6, 6.07) is 21.3. The van der Waals surface area contributed by atoms with Gasteiger partial charge in [0.25, 0.3) is 0 Å². The molecular weight excluding hydrogens is 304 g/mol. The zero-order chi connectivity index (χ0) is 15.6. The zero-order valence-corrected chi connectivity index (χ0v) is 13.1. The summed E-state index contributed by atoms with van der Waals surface area (Å²) in [5.41, 5.74) is 2.29. The molecule has 0 saturated carbocycles. The minimum Gasteiger partial charge on any atom is -0.480 e. The van der Waals surface area contributed by atoms with Crippen LogP contribution in [0, 0.1) is 0 Å². The fourth-order valence-electron chi connectivity index (χ4n) is 2.77. The quantitative estimate of drug-likeness (QED) is 0.611. The van der Waals surface area contributed by atoms with Crippen molar-refractivity contribution in [3.05, 3.63) is 93.7 Å². The summed E-state index contributed by atoms with van der Waals surface area (Å²) in [6.45, 7) is 0. The van der Waals surface area contributed by atoms with E-state index < -0.39 is 0 Å². The van der Waals surface area contributed by atoms with E-state index in [4.69, 9.17) is 4.74 Å². The highest BCUT2D eigenvalue weighted by Crippen LogP contribution is 2.39. The van der Waals surface area contributed by atoms with E-state index in [1.807, 2.05) is 78.2 Å². The highest BCUT2D eigenvalue weighted by molar-refractivity contribution is 7.10. The third-order valence-electron chi connectivity index (χ3n) is 3.86. The third kappa shape index (κ3) is 2.60. The number of ether oxygens (including phenoxy) is 1. The van der Waals surface area contributed by atoms with E-state index in [9.17, 15) is 4.79 Å². The first-order chi connectivity index (χ1) is 11.3. The van der Waals surface area contributed by atoms with Gasteiger partial charge in [-0.3, -0.25) is 4.79 Å². The van der Waals surface area contributed by atoms with Crippen LogP contribution in [0.3, 0.4) is 0 Å². The van der Waals surface area contributed by atoms with Gasteiger partial charge in [-0.2, -0.15) is 0 Å². The van der Waals surface area contributed by atoms with Crippen LogP contribution in [0.4, 0.5) is 0 Å². The Hall–Kier alpha value is -2.65. The molecule has 3 heteroatoms. The number of para-hydroxylation sites is 1. The van der Waals surface area contributed by atoms with Gasteiger partial charge < -0.3 is 4.74 Å². The van der Waals surface area contributed by atoms with Crippen LogP contribution in [0.15, 0.2) is 77.7 Å². The predicted octanol–water partition coefficient (Wildman–Crippen LogP) is 5.15. The van der Waals surface area contributed by atoms with Gasteiger partial charge in [-0.25, -0.2) is 0 Å². The average Bonchev–Trinajstić information content (AvgIpc) is 3.11. The number of carbonyl (C=O) groups excluding carboxylic acids is 1. The molecule has 0 spiro atoms. The second-order valence-corrected chi connectivity index (χ2v) is 6.33. The second kappa shape index (κ2) is 5.86. The lowest BCUT2D eigenvalue weighted by molar-refractivity contribution is 0.0963. The molecule has 1 aliphatic rings. The molecule has 1 unspecified atom stereocenters. The van der Waals surface area contributed by atoms with Crippen molar-refractivity contribution in [2.75, 3.05) is 0 Å². The maximum atomic E-state index is 13.0. The largest absolute Gasteiger partial charge is 0.480 e. The molecule has 2 heterocycles. The normalized spacial score (nSPS) is 18.5. The van der Waals surface area contributed by atoms with Crippen molar-refractivity contribution in [3.63, 3.8) is 0 Å². The van der Waals surface area contributed by atoms with Gasteiger partial charge in [0, 0.05) is 10.5 Å². The Kier molecular flexibility index (Phi) is 3.56. The Balaban J connectivity index is 1.87. The van der Waals surface area contributed by atoms with Gasteiger partial charge in [0.2, 0.25) is 0 Å². The van der Waals surface area contributed by atoms with Crippen molar-refractivity contribution < 1.29 is 9.53 Å². The molecule has 2 aromatic carbocycles. The van der Waals surface area contributed by atoms with E-state index in [0.717, 1.165) is 10.4 Å². The Morgan fingerprint density at radius 1 is 0.913 bits per heavy atom. The monoisotopic (exact) mass is 318 g/mol. The molecule has 2 nitrogen and oxygen atoms in total. The summed E-state index contributed by atoms with van der Waals surface area (Å²) in [5.74, 6) is 0.684. The fraction of sp³-hybridized carbons (Fsp3) is 0.0500. The smallest absolute Gasteiger partial charge is 0.196 e. The van der Waals surface area contributed by atoms with Crippen LogP contribution >= 0.6 is 11.3 Å². The first-order valence-electron chi connectivity index (χ1n) is 7.43. The molecule has 0 amide bonds. The van der Waals surface area contributed by atoms with Crippen LogP contribution in [0.1, 0.15) is 26.9 Å². The number of hydrogen-bond acceptors (Lipinski definition) is 3. The minimum absolute atomic E-state index is 0.0362. The summed E-state index contributed by atoms with van der Waals surface area (Å²) in [6.07, 6.45) is 1.57. The Bertz CT molecular complexity index is 864. The molecule has 0 N–H and O–H groups in total. The maximum Gasteiger partial charge on any atom is 0.196 e. The topological polar surface area (TPSA) is 26.3 Å². The number of benzene rings is 2. The van der Waals surface area contributed by atoms with Crippen LogP contribution < -0.4 is 4.74 Å². The van der Waals surface area contributed by atoms with Gasteiger partial charge in [-0.05, 0) is 35.2 Å². The molecule has 0 radical (unpaired) electrons. The Morgan fingerprint density at radius 3 is 2.48 bits per heavy atom. The van der Waals surface area contributed by atoms with Gasteiger partial charge in [0.1, 0.15) is 5.75 Å². The van der Waals surface area contributed by atoms with Crippen molar-refractivity contribution in [2.45, 2.75) is 6.10 Å². The highest BCUT2D eigenvalue weighted by Gasteiger charge is 2.32. The first kappa shape index (κ1) is 14.0. The molecule has 1 atom stereocenters. The molecule has 3 aromatic rings. The van der Waals surface area contributed by atoms with E-state index in [0.29, 0.717) is 16.9 Å². The summed E-state index contributed by atoms with van der Waals surface area (Å²) >= 11 is 1.61. The van der Waals surface area contributed by atoms with Crippen molar-refractivity contribution in [3.8, 4) is 5.75 Å². The molecule has 0 saturated heterocycles. The number of Topliss-reactive ketones (excluding diaryl/α,β-unsaturated/α-hetero) is 1. The lowest BCUT2D eigenvalue weighted by Crippen LogP contribution is -2.23. The lowest BCUT2D eigenvalue weighted by Gasteiger charge is -2.28. The number of fused-ring (bicyclic) bond motifs is 1. The number of carbonyl (C=O) groups is 1. The summed E-state index contributed by atoms with van der Waals surface area (Å²) < 4.78 is 6.17. The van der Waals surface area contributed by atoms with Gasteiger partial charge in [-0.15, -0.1) is 11.3 Å². The standard InChI is InChI=1S/C20H14O2S/c21-19-16-10-4-5-11-18(16)22-20(14-7-2-1-3-8-14)17(19)13-15-9-6-12-23-15/h1-13,20H/b17-13+. The molecule has 1 aliphatic heterocycles. The fourth-order valence-corrected chi connectivity index (χ4v) is 3.43. The van der Waals surface area contributed by atoms with Crippen LogP contribution in [0.5, 0.6) is 5.75 Å². The van der Waals surface area contributed by atoms with E-state index in [-0.39, 0.29) is 11.9 Å². The highest BCUT2D eigenvalue weighted by atomic mass is 32.1. The Labute approximate surface area is 138 Å². The van der Waals surface area contributed by atoms with Crippen LogP contribution in [-0.2, 0) is 0 Å². The number of ketones is 1. The lowest BCUT2D eigenvalue weighted by atomic mass is 9.90. The molecule has 0 fully saturated rings. The molecule has 0 bridgehead atoms. The molecular formula is C20H14O2S. The van der Waals surface area contributed by atoms with Crippen LogP contribution in [0.2, 0.25) is 0 Å². The van der Waals surface area contributed by atoms with Gasteiger partial charge in [0.05, 0.1) is 5.56 Å². The number of thiophene rings is 1. The summed E-state index contributed by atoms with van der Waals surface area (Å²) in [7, 11) is 0. The van der Waals surface area contributed by atoms with Crippen LogP contribution in [-0.4, -0.2) is 5.78 Å².